The quantitative estimate of drug-likeness (QED) is 0.377. The van der Waals surface area contributed by atoms with Gasteiger partial charge in [0.15, 0.2) is 0 Å². The number of halogens is 1. The highest BCUT2D eigenvalue weighted by molar-refractivity contribution is 5.85. The molecule has 0 spiro atoms. The molecule has 4 N–H and O–H groups in total. The largest absolute Gasteiger partial charge is 0.354 e. The van der Waals surface area contributed by atoms with Crippen molar-refractivity contribution in [2.75, 3.05) is 0 Å². The van der Waals surface area contributed by atoms with Crippen LogP contribution in [0.4, 0.5) is 0 Å². The fourth-order valence-electron chi connectivity index (χ4n) is 2.05. The van der Waals surface area contributed by atoms with Crippen molar-refractivity contribution in [1.82, 2.24) is 0 Å². The van der Waals surface area contributed by atoms with Crippen molar-refractivity contribution in [1.29, 1.82) is 0 Å². The average Bonchev–Trinajstić information content (AvgIpc) is 2.24. The van der Waals surface area contributed by atoms with Gasteiger partial charge in [-0.1, -0.05) is 71.1 Å². The Morgan fingerprint density at radius 1 is 0.722 bits per heavy atom. The lowest BCUT2D eigenvalue weighted by molar-refractivity contribution is -0.160. The fraction of sp³-hybridized carbons (Fsp3) is 1.00. The summed E-state index contributed by atoms with van der Waals surface area (Å²) in [7, 11) is 0. The van der Waals surface area contributed by atoms with Crippen LogP contribution in [-0.4, -0.2) is 16.1 Å². The number of hydrogen-bond donors (Lipinski definition) is 3. The Labute approximate surface area is 119 Å². The second kappa shape index (κ2) is 13.6. The number of unbranched alkanes of at least 4 members (excludes halogenated alkanes) is 10. The predicted molar refractivity (Wildman–Crippen MR) is 79.7 cm³/mol. The van der Waals surface area contributed by atoms with Crippen LogP contribution in [-0.2, 0) is 0 Å². The summed E-state index contributed by atoms with van der Waals surface area (Å²) in [6, 6.07) is 0. The summed E-state index contributed by atoms with van der Waals surface area (Å²) in [5.41, 5.74) is 5.07. The van der Waals surface area contributed by atoms with Crippen molar-refractivity contribution in [3.8, 4) is 0 Å². The number of hydrogen-bond acceptors (Lipinski definition) is 3. The first-order valence-electron chi connectivity index (χ1n) is 7.30. The molecule has 0 saturated heterocycles. The zero-order valence-electron chi connectivity index (χ0n) is 11.9. The molecule has 0 aromatic carbocycles. The molecule has 0 amide bonds. The third kappa shape index (κ3) is 18.5. The van der Waals surface area contributed by atoms with Crippen molar-refractivity contribution in [3.05, 3.63) is 0 Å². The second-order valence-electron chi connectivity index (χ2n) is 5.16. The summed E-state index contributed by atoms with van der Waals surface area (Å²) in [5, 5.41) is 17.8. The molecule has 0 bridgehead atoms. The van der Waals surface area contributed by atoms with Crippen LogP contribution in [0.15, 0.2) is 0 Å². The summed E-state index contributed by atoms with van der Waals surface area (Å²) in [5.74, 6) is -1.96. The molecule has 4 heteroatoms. The van der Waals surface area contributed by atoms with Crippen LogP contribution in [0, 0.1) is 0 Å². The molecule has 3 nitrogen and oxygen atoms in total. The van der Waals surface area contributed by atoms with Crippen molar-refractivity contribution in [2.24, 2.45) is 5.73 Å². The minimum Gasteiger partial charge on any atom is -0.354 e. The predicted octanol–water partition coefficient (Wildman–Crippen LogP) is 3.71. The average molecular weight is 282 g/mol. The molecule has 0 heterocycles. The van der Waals surface area contributed by atoms with E-state index in [2.05, 4.69) is 6.92 Å². The van der Waals surface area contributed by atoms with E-state index in [4.69, 9.17) is 15.9 Å². The molecule has 0 atom stereocenters. The van der Waals surface area contributed by atoms with Gasteiger partial charge in [-0.2, -0.15) is 0 Å². The van der Waals surface area contributed by atoms with E-state index in [0.29, 0.717) is 0 Å². The van der Waals surface area contributed by atoms with E-state index in [1.54, 1.807) is 0 Å². The topological polar surface area (TPSA) is 66.5 Å². The highest BCUT2D eigenvalue weighted by atomic mass is 35.5. The molecule has 0 saturated carbocycles. The normalized spacial score (nSPS) is 11.3. The van der Waals surface area contributed by atoms with E-state index in [0.717, 1.165) is 12.8 Å². The van der Waals surface area contributed by atoms with Crippen LogP contribution in [0.3, 0.4) is 0 Å². The number of aliphatic hydroxyl groups is 2. The molecule has 0 radical (unpaired) electrons. The maximum atomic E-state index is 8.89. The van der Waals surface area contributed by atoms with Crippen LogP contribution in [0.25, 0.3) is 0 Å². The summed E-state index contributed by atoms with van der Waals surface area (Å²) >= 11 is 0. The summed E-state index contributed by atoms with van der Waals surface area (Å²) in [6.45, 7) is 2.24. The molecule has 0 aromatic heterocycles. The summed E-state index contributed by atoms with van der Waals surface area (Å²) in [4.78, 5) is 0. The first-order valence-corrected chi connectivity index (χ1v) is 7.30. The van der Waals surface area contributed by atoms with Crippen LogP contribution in [0.5, 0.6) is 0 Å². The summed E-state index contributed by atoms with van der Waals surface area (Å²) in [6.07, 6.45) is 14.1. The molecular weight excluding hydrogens is 250 g/mol. The number of rotatable bonds is 12. The van der Waals surface area contributed by atoms with Crippen LogP contribution < -0.4 is 5.73 Å². The van der Waals surface area contributed by atoms with E-state index in [-0.39, 0.29) is 18.8 Å². The zero-order chi connectivity index (χ0) is 13.0. The third-order valence-electron chi connectivity index (χ3n) is 3.15. The van der Waals surface area contributed by atoms with Gasteiger partial charge in [0.05, 0.1) is 0 Å². The van der Waals surface area contributed by atoms with Gasteiger partial charge in [-0.05, 0) is 6.42 Å². The van der Waals surface area contributed by atoms with Crippen molar-refractivity contribution < 1.29 is 10.2 Å². The SMILES string of the molecule is CCCCCCCCCCCCCC(N)(O)O.Cl. The molecule has 0 aliphatic rings. The van der Waals surface area contributed by atoms with Gasteiger partial charge in [-0.15, -0.1) is 12.4 Å². The Morgan fingerprint density at radius 3 is 1.39 bits per heavy atom. The third-order valence-corrected chi connectivity index (χ3v) is 3.15. The van der Waals surface area contributed by atoms with Crippen LogP contribution in [0.2, 0.25) is 0 Å². The number of nitrogens with two attached hydrogens (primary N) is 1. The molecule has 112 valence electrons. The minimum absolute atomic E-state index is 0. The second-order valence-corrected chi connectivity index (χ2v) is 5.16. The van der Waals surface area contributed by atoms with Gasteiger partial charge in [0, 0.05) is 6.42 Å². The zero-order valence-corrected chi connectivity index (χ0v) is 12.7. The Hall–Kier alpha value is 0.170. The maximum Gasteiger partial charge on any atom is 0.219 e. The lowest BCUT2D eigenvalue weighted by Gasteiger charge is -2.14. The lowest BCUT2D eigenvalue weighted by Crippen LogP contribution is -2.38. The Bertz CT molecular complexity index is 160. The maximum absolute atomic E-state index is 8.89. The van der Waals surface area contributed by atoms with Crippen LogP contribution in [0.1, 0.15) is 84.0 Å². The smallest absolute Gasteiger partial charge is 0.219 e. The molecule has 0 fully saturated rings. The standard InChI is InChI=1S/C14H31NO2.ClH/c1-2-3-4-5-6-7-8-9-10-11-12-13-14(15,16)17;/h16-17H,2-13,15H2,1H3;1H. The van der Waals surface area contributed by atoms with Gasteiger partial charge >= 0.3 is 0 Å². The van der Waals surface area contributed by atoms with Crippen molar-refractivity contribution in [3.63, 3.8) is 0 Å². The molecule has 0 aromatic rings. The van der Waals surface area contributed by atoms with E-state index in [1.807, 2.05) is 0 Å². The monoisotopic (exact) mass is 281 g/mol. The van der Waals surface area contributed by atoms with Crippen LogP contribution >= 0.6 is 12.4 Å². The van der Waals surface area contributed by atoms with E-state index in [1.165, 1.54) is 57.8 Å². The highest BCUT2D eigenvalue weighted by Crippen LogP contribution is 2.13. The minimum atomic E-state index is -1.96. The van der Waals surface area contributed by atoms with Gasteiger partial charge < -0.3 is 10.2 Å². The van der Waals surface area contributed by atoms with Gasteiger partial charge in [0.1, 0.15) is 0 Å². The van der Waals surface area contributed by atoms with Crippen molar-refractivity contribution in [2.45, 2.75) is 89.9 Å². The molecule has 0 rings (SSSR count). The Balaban J connectivity index is 0. The van der Waals surface area contributed by atoms with E-state index in [9.17, 15) is 0 Å². The molecule has 0 unspecified atom stereocenters. The molecule has 0 aliphatic carbocycles. The highest BCUT2D eigenvalue weighted by Gasteiger charge is 2.13. The first kappa shape index (κ1) is 20.5. The molecule has 18 heavy (non-hydrogen) atoms. The van der Waals surface area contributed by atoms with E-state index < -0.39 is 5.91 Å². The van der Waals surface area contributed by atoms with Gasteiger partial charge in [0.2, 0.25) is 5.91 Å². The van der Waals surface area contributed by atoms with Crippen molar-refractivity contribution >= 4 is 12.4 Å². The Morgan fingerprint density at radius 2 is 1.06 bits per heavy atom. The van der Waals surface area contributed by atoms with Gasteiger partial charge in [-0.25, -0.2) is 0 Å². The molecule has 0 aliphatic heterocycles. The molecular formula is C14H32ClNO2. The van der Waals surface area contributed by atoms with Gasteiger partial charge in [-0.3, -0.25) is 5.73 Å². The fourth-order valence-corrected chi connectivity index (χ4v) is 2.05. The van der Waals surface area contributed by atoms with Gasteiger partial charge in [0.25, 0.3) is 0 Å². The van der Waals surface area contributed by atoms with E-state index >= 15 is 0 Å². The Kier molecular flexibility index (Phi) is 15.5. The lowest BCUT2D eigenvalue weighted by atomic mass is 10.0. The summed E-state index contributed by atoms with van der Waals surface area (Å²) < 4.78 is 0. The first-order chi connectivity index (χ1) is 8.06.